The predicted molar refractivity (Wildman–Crippen MR) is 331 cm³/mol. The molecular formula is C71H99N4O4+. The number of nitrogens with zero attached hydrogens (tertiary/aromatic N) is 4. The number of allylic oxidation sites excluding steroid dienone is 8. The van der Waals surface area contributed by atoms with Gasteiger partial charge in [-0.2, -0.15) is 4.58 Å². The summed E-state index contributed by atoms with van der Waals surface area (Å²) in [6.07, 6.45) is 28.2. The molecule has 8 heteroatoms. The minimum absolute atomic E-state index is 0.0735. The monoisotopic (exact) mass is 1070 g/mol. The minimum atomic E-state index is -0.521. The number of anilines is 1. The molecule has 2 saturated heterocycles. The van der Waals surface area contributed by atoms with Crippen molar-refractivity contribution in [3.63, 3.8) is 0 Å². The van der Waals surface area contributed by atoms with Crippen molar-refractivity contribution in [3.05, 3.63) is 131 Å². The van der Waals surface area contributed by atoms with Crippen LogP contribution in [0.1, 0.15) is 162 Å². The van der Waals surface area contributed by atoms with E-state index in [0.29, 0.717) is 11.8 Å². The molecule has 4 aromatic rings. The minimum Gasteiger partial charge on any atom is -0.463 e. The molecule has 3 unspecified atom stereocenters. The van der Waals surface area contributed by atoms with Gasteiger partial charge in [0.2, 0.25) is 5.69 Å². The Hall–Kier alpha value is -4.86. The van der Waals surface area contributed by atoms with E-state index >= 15 is 0 Å². The highest BCUT2D eigenvalue weighted by Crippen LogP contribution is 2.51. The van der Waals surface area contributed by atoms with E-state index < -0.39 is 5.41 Å². The van der Waals surface area contributed by atoms with Gasteiger partial charge in [-0.15, -0.1) is 0 Å². The molecule has 3 atom stereocenters. The fourth-order valence-electron chi connectivity index (χ4n) is 15.5. The van der Waals surface area contributed by atoms with E-state index in [1.165, 1.54) is 150 Å². The molecule has 8 nitrogen and oxygen atoms in total. The van der Waals surface area contributed by atoms with Gasteiger partial charge in [-0.05, 0) is 236 Å². The SMILES string of the molecule is CCC(CCC(CCC(C)(CC)C(=O)OCCO)C1CCN(CCO)CC1)C1CCN(CCCCC2=C(/C=C/C3=[N+](C)c4ccc5ccccc5c4C3(C)C)CCC/C2=C\C=C2\N(C)c3ccc4ccccc4c3C2(C)C)CC1. The molecule has 0 spiro atoms. The summed E-state index contributed by atoms with van der Waals surface area (Å²) in [5, 5.41) is 24.3. The zero-order valence-corrected chi connectivity index (χ0v) is 50.2. The highest BCUT2D eigenvalue weighted by Gasteiger charge is 2.45. The number of β-amino-alcohol motifs (C(OH)–C–C–N with tert-alkyl or cyclic N) is 1. The summed E-state index contributed by atoms with van der Waals surface area (Å²) in [5.41, 5.74) is 12.1. The Morgan fingerprint density at radius 3 is 2.04 bits per heavy atom. The lowest BCUT2D eigenvalue weighted by Crippen LogP contribution is -2.39. The zero-order chi connectivity index (χ0) is 55.9. The fourth-order valence-corrected chi connectivity index (χ4v) is 15.5. The van der Waals surface area contributed by atoms with Crippen molar-refractivity contribution in [1.82, 2.24) is 9.80 Å². The first-order valence-electron chi connectivity index (χ1n) is 31.2. The highest BCUT2D eigenvalue weighted by molar-refractivity contribution is 6.07. The molecule has 5 aliphatic rings. The average Bonchev–Trinajstić information content (AvgIpc) is 3.68. The summed E-state index contributed by atoms with van der Waals surface area (Å²) in [5.74, 6) is 2.59. The van der Waals surface area contributed by atoms with Crippen molar-refractivity contribution in [2.24, 2.45) is 29.1 Å². The molecule has 4 heterocycles. The summed E-state index contributed by atoms with van der Waals surface area (Å²) < 4.78 is 7.95. The molecular weight excluding hydrogens is 973 g/mol. The number of carbonyl (C=O) groups is 1. The van der Waals surface area contributed by atoms with E-state index in [4.69, 9.17) is 4.74 Å². The number of hydrogen-bond donors (Lipinski definition) is 2. The van der Waals surface area contributed by atoms with E-state index in [9.17, 15) is 15.0 Å². The molecule has 0 bridgehead atoms. The van der Waals surface area contributed by atoms with Gasteiger partial charge in [-0.1, -0.05) is 101 Å². The van der Waals surface area contributed by atoms with E-state index in [0.717, 1.165) is 70.0 Å². The van der Waals surface area contributed by atoms with Crippen LogP contribution in [0.3, 0.4) is 0 Å². The van der Waals surface area contributed by atoms with Crippen LogP contribution in [0, 0.1) is 29.1 Å². The first-order chi connectivity index (χ1) is 38.1. The predicted octanol–water partition coefficient (Wildman–Crippen LogP) is 15.0. The van der Waals surface area contributed by atoms with Crippen LogP contribution in [0.2, 0.25) is 0 Å². The van der Waals surface area contributed by atoms with Gasteiger partial charge in [0.1, 0.15) is 13.7 Å². The lowest BCUT2D eigenvalue weighted by molar-refractivity contribution is -0.401. The topological polar surface area (TPSA) is 79.5 Å². The number of aliphatic hydroxyl groups excluding tert-OH is 2. The summed E-state index contributed by atoms with van der Waals surface area (Å²) in [6.45, 7) is 22.9. The summed E-state index contributed by atoms with van der Waals surface area (Å²) in [7, 11) is 4.53. The van der Waals surface area contributed by atoms with Crippen LogP contribution in [0.15, 0.2) is 120 Å². The number of hydrogen-bond acceptors (Lipinski definition) is 7. The molecule has 2 fully saturated rings. The number of benzene rings is 4. The van der Waals surface area contributed by atoms with E-state index in [-0.39, 0.29) is 36.6 Å². The molecule has 79 heavy (non-hydrogen) atoms. The second-order valence-electron chi connectivity index (χ2n) is 25.9. The maximum absolute atomic E-state index is 13.2. The van der Waals surface area contributed by atoms with Crippen molar-refractivity contribution in [1.29, 1.82) is 0 Å². The second-order valence-corrected chi connectivity index (χ2v) is 25.9. The smallest absolute Gasteiger partial charge is 0.311 e. The van der Waals surface area contributed by atoms with Crippen LogP contribution in [0.5, 0.6) is 0 Å². The number of esters is 1. The maximum Gasteiger partial charge on any atom is 0.311 e. The Labute approximate surface area is 476 Å². The Balaban J connectivity index is 0.875. The van der Waals surface area contributed by atoms with Crippen LogP contribution in [-0.4, -0.2) is 109 Å². The van der Waals surface area contributed by atoms with Gasteiger partial charge in [0.05, 0.1) is 24.0 Å². The molecule has 1 aliphatic carbocycles. The number of rotatable bonds is 23. The number of aliphatic hydroxyl groups is 2. The Bertz CT molecular complexity index is 2920. The highest BCUT2D eigenvalue weighted by atomic mass is 16.5. The van der Waals surface area contributed by atoms with Crippen LogP contribution >= 0.6 is 0 Å². The molecule has 0 amide bonds. The van der Waals surface area contributed by atoms with E-state index in [2.05, 4.69) is 179 Å². The maximum atomic E-state index is 13.2. The molecule has 0 saturated carbocycles. The number of carbonyl (C=O) groups excluding carboxylic acids is 1. The van der Waals surface area contributed by atoms with E-state index in [1.807, 2.05) is 0 Å². The molecule has 426 valence electrons. The summed E-state index contributed by atoms with van der Waals surface area (Å²) >= 11 is 0. The largest absolute Gasteiger partial charge is 0.463 e. The van der Waals surface area contributed by atoms with Crippen LogP contribution in [0.4, 0.5) is 11.4 Å². The number of unbranched alkanes of at least 4 members (excludes halogenated alkanes) is 1. The lowest BCUT2D eigenvalue weighted by atomic mass is 9.72. The average molecular weight is 1070 g/mol. The number of fused-ring (bicyclic) bond motifs is 6. The quantitative estimate of drug-likeness (QED) is 0.0435. The van der Waals surface area contributed by atoms with Gasteiger partial charge in [-0.25, -0.2) is 0 Å². The summed E-state index contributed by atoms with van der Waals surface area (Å²) in [4.78, 5) is 20.9. The number of likely N-dealkylation sites (N-methyl/N-ethyl adjacent to an activating group) is 1. The summed E-state index contributed by atoms with van der Waals surface area (Å²) in [6, 6.07) is 27.0. The van der Waals surface area contributed by atoms with Gasteiger partial charge >= 0.3 is 5.97 Å². The Morgan fingerprint density at radius 2 is 1.38 bits per heavy atom. The van der Waals surface area contributed by atoms with Gasteiger partial charge in [0, 0.05) is 48.1 Å². The first kappa shape index (κ1) is 58.8. The standard InChI is InChI=1S/C71H99N4O4/c1-10-51(26-27-52(54-39-45-75(46-40-54)47-48-76)36-41-71(7,11-2)68(78)79-50-49-77)53-37-43-74(44-38-53)42-17-16-23-59-55(30-34-64-69(3,4)66-60-24-14-12-19-57(60)28-32-62(66)72(64)8)21-18-22-56(59)31-35-65-70(5,6)67-61-25-15-13-20-58(61)29-33-63(67)73(65)9/h12-15,19-20,24-25,28-35,51-54,76-77H,10-11,16-18,21-23,26-27,36-50H2,1-9H3/q+1. The van der Waals surface area contributed by atoms with Crippen molar-refractivity contribution in [2.75, 3.05) is 78.1 Å². The van der Waals surface area contributed by atoms with Crippen LogP contribution < -0.4 is 4.90 Å². The molecule has 0 aromatic heterocycles. The number of piperidine rings is 2. The fraction of sp³-hybridized carbons (Fsp3) is 0.577. The third-order valence-corrected chi connectivity index (χ3v) is 20.6. The second kappa shape index (κ2) is 25.9. The zero-order valence-electron chi connectivity index (χ0n) is 50.2. The number of ether oxygens (including phenoxy) is 1. The molecule has 4 aromatic carbocycles. The molecule has 9 rings (SSSR count). The van der Waals surface area contributed by atoms with Crippen LogP contribution in [0.25, 0.3) is 21.5 Å². The lowest BCUT2D eigenvalue weighted by Gasteiger charge is -2.39. The van der Waals surface area contributed by atoms with Crippen molar-refractivity contribution >= 4 is 44.6 Å². The van der Waals surface area contributed by atoms with Crippen molar-refractivity contribution in [2.45, 2.75) is 162 Å². The van der Waals surface area contributed by atoms with Crippen molar-refractivity contribution < 1.29 is 24.3 Å². The molecule has 0 radical (unpaired) electrons. The Morgan fingerprint density at radius 1 is 0.747 bits per heavy atom. The number of likely N-dealkylation sites (tertiary alicyclic amines) is 2. The molecule has 4 aliphatic heterocycles. The molecule has 2 N–H and O–H groups in total. The Kier molecular flexibility index (Phi) is 19.3. The van der Waals surface area contributed by atoms with Gasteiger partial charge in [0.25, 0.3) is 0 Å². The van der Waals surface area contributed by atoms with Gasteiger partial charge in [-0.3, -0.25) is 4.79 Å². The third kappa shape index (κ3) is 12.6. The van der Waals surface area contributed by atoms with Crippen molar-refractivity contribution in [3.8, 4) is 0 Å². The first-order valence-corrected chi connectivity index (χ1v) is 31.2. The third-order valence-electron chi connectivity index (χ3n) is 20.6. The van der Waals surface area contributed by atoms with Gasteiger partial charge < -0.3 is 29.6 Å². The normalized spacial score (nSPS) is 21.9. The van der Waals surface area contributed by atoms with E-state index in [1.54, 1.807) is 5.57 Å². The van der Waals surface area contributed by atoms with Crippen LogP contribution in [-0.2, 0) is 20.4 Å². The van der Waals surface area contributed by atoms with Gasteiger partial charge in [0.15, 0.2) is 5.71 Å².